The molecule has 1 fully saturated rings. The molecule has 198 valence electrons. The minimum absolute atomic E-state index is 0.232. The number of allylic oxidation sites excluding steroid dienone is 1. The Bertz CT molecular complexity index is 1490. The number of hydrogen-bond acceptors (Lipinski definition) is 8. The van der Waals surface area contributed by atoms with Gasteiger partial charge in [-0.05, 0) is 70.1 Å². The molecule has 0 amide bonds. The molecule has 4 aromatic rings. The van der Waals surface area contributed by atoms with E-state index in [1.165, 1.54) is 10.9 Å². The van der Waals surface area contributed by atoms with Gasteiger partial charge in [0.05, 0.1) is 12.2 Å². The summed E-state index contributed by atoms with van der Waals surface area (Å²) in [5, 5.41) is 14.1. The molecule has 0 unspecified atom stereocenters. The molecule has 5 rings (SSSR count). The summed E-state index contributed by atoms with van der Waals surface area (Å²) in [6, 6.07) is 13.0. The van der Waals surface area contributed by atoms with E-state index in [-0.39, 0.29) is 18.2 Å². The van der Waals surface area contributed by atoms with E-state index in [1.54, 1.807) is 42.8 Å². The number of ether oxygens (including phenoxy) is 1. The summed E-state index contributed by atoms with van der Waals surface area (Å²) in [4.78, 5) is 29.2. The van der Waals surface area contributed by atoms with Gasteiger partial charge in [-0.3, -0.25) is 4.79 Å². The maximum atomic E-state index is 13.2. The van der Waals surface area contributed by atoms with Crippen LogP contribution in [0.3, 0.4) is 0 Å². The van der Waals surface area contributed by atoms with Crippen LogP contribution in [0, 0.1) is 0 Å². The van der Waals surface area contributed by atoms with Gasteiger partial charge in [0.1, 0.15) is 22.8 Å². The van der Waals surface area contributed by atoms with E-state index in [0.29, 0.717) is 28.5 Å². The van der Waals surface area contributed by atoms with Crippen LogP contribution in [-0.2, 0) is 12.1 Å². The zero-order valence-corrected chi connectivity index (χ0v) is 22.0. The molecule has 1 aliphatic heterocycles. The average molecular weight is 516 g/mol. The fourth-order valence-electron chi connectivity index (χ4n) is 4.53. The number of pyridine rings is 1. The van der Waals surface area contributed by atoms with Crippen molar-refractivity contribution in [3.05, 3.63) is 77.4 Å². The maximum Gasteiger partial charge on any atom is 0.278 e. The second-order valence-electron chi connectivity index (χ2n) is 10.1. The van der Waals surface area contributed by atoms with Crippen LogP contribution in [0.1, 0.15) is 32.4 Å². The van der Waals surface area contributed by atoms with Gasteiger partial charge in [0.25, 0.3) is 5.56 Å². The normalized spacial score (nSPS) is 15.1. The van der Waals surface area contributed by atoms with Gasteiger partial charge < -0.3 is 20.1 Å². The number of piperidine rings is 1. The van der Waals surface area contributed by atoms with Crippen LogP contribution < -0.4 is 15.6 Å². The van der Waals surface area contributed by atoms with E-state index in [0.717, 1.165) is 37.4 Å². The zero-order chi connectivity index (χ0) is 26.9. The molecule has 10 heteroatoms. The first-order valence-electron chi connectivity index (χ1n) is 12.7. The SMILES string of the molecule is C=CCn1c(=O)c2cnc(Nc3ccc(OC4CCN(C)CC4)cc3)nc2n1-c1cccc(C(C)(C)O)n1. The Morgan fingerprint density at radius 1 is 1.16 bits per heavy atom. The van der Waals surface area contributed by atoms with Crippen LogP contribution in [0.25, 0.3) is 16.9 Å². The molecule has 0 spiro atoms. The van der Waals surface area contributed by atoms with Crippen molar-refractivity contribution in [3.63, 3.8) is 0 Å². The van der Waals surface area contributed by atoms with Gasteiger partial charge in [0, 0.05) is 25.0 Å². The van der Waals surface area contributed by atoms with Gasteiger partial charge in [-0.15, -0.1) is 6.58 Å². The fourth-order valence-corrected chi connectivity index (χ4v) is 4.53. The third-order valence-corrected chi connectivity index (χ3v) is 6.63. The molecule has 4 heterocycles. The van der Waals surface area contributed by atoms with Crippen LogP contribution in [0.5, 0.6) is 5.75 Å². The average Bonchev–Trinajstić information content (AvgIpc) is 3.17. The quantitative estimate of drug-likeness (QED) is 0.343. The van der Waals surface area contributed by atoms with Crippen molar-refractivity contribution in [2.45, 2.75) is 44.9 Å². The van der Waals surface area contributed by atoms with Gasteiger partial charge in [0.2, 0.25) is 5.95 Å². The number of rotatable bonds is 8. The summed E-state index contributed by atoms with van der Waals surface area (Å²) in [5.41, 5.74) is 0.272. The highest BCUT2D eigenvalue weighted by Gasteiger charge is 2.22. The molecule has 0 saturated carbocycles. The Morgan fingerprint density at radius 3 is 2.58 bits per heavy atom. The van der Waals surface area contributed by atoms with Crippen LogP contribution in [0.15, 0.2) is 66.1 Å². The molecule has 0 atom stereocenters. The Morgan fingerprint density at radius 2 is 1.89 bits per heavy atom. The lowest BCUT2D eigenvalue weighted by molar-refractivity contribution is 0.0738. The number of anilines is 2. The fraction of sp³-hybridized carbons (Fsp3) is 0.357. The van der Waals surface area contributed by atoms with Crippen molar-refractivity contribution in [3.8, 4) is 11.6 Å². The highest BCUT2D eigenvalue weighted by Crippen LogP contribution is 2.24. The molecule has 3 aromatic heterocycles. The lowest BCUT2D eigenvalue weighted by Gasteiger charge is -2.29. The smallest absolute Gasteiger partial charge is 0.278 e. The van der Waals surface area contributed by atoms with Gasteiger partial charge in [-0.25, -0.2) is 19.3 Å². The van der Waals surface area contributed by atoms with E-state index >= 15 is 0 Å². The van der Waals surface area contributed by atoms with Crippen LogP contribution in [0.4, 0.5) is 11.6 Å². The molecule has 0 bridgehead atoms. The standard InChI is InChI=1S/C28H33N7O3/c1-5-15-34-26(36)22-18-29-27(32-25(22)35(34)24-8-6-7-23(31-24)28(2,3)37)30-19-9-11-20(12-10-19)38-21-13-16-33(4)17-14-21/h5-12,18,21,37H,1,13-17H2,2-4H3,(H,29,30,32). The Labute approximate surface area is 221 Å². The topological polar surface area (TPSA) is 110 Å². The summed E-state index contributed by atoms with van der Waals surface area (Å²) in [5.74, 6) is 1.62. The van der Waals surface area contributed by atoms with E-state index < -0.39 is 5.60 Å². The molecule has 1 aromatic carbocycles. The minimum Gasteiger partial charge on any atom is -0.490 e. The number of fused-ring (bicyclic) bond motifs is 1. The van der Waals surface area contributed by atoms with Crippen LogP contribution >= 0.6 is 0 Å². The van der Waals surface area contributed by atoms with Crippen molar-refractivity contribution < 1.29 is 9.84 Å². The van der Waals surface area contributed by atoms with Crippen LogP contribution in [0.2, 0.25) is 0 Å². The van der Waals surface area contributed by atoms with Gasteiger partial charge >= 0.3 is 0 Å². The maximum absolute atomic E-state index is 13.2. The van der Waals surface area contributed by atoms with Crippen molar-refractivity contribution in [1.82, 2.24) is 29.2 Å². The first-order chi connectivity index (χ1) is 18.2. The molecule has 10 nitrogen and oxygen atoms in total. The molecular weight excluding hydrogens is 482 g/mol. The molecule has 2 N–H and O–H groups in total. The third-order valence-electron chi connectivity index (χ3n) is 6.63. The minimum atomic E-state index is -1.15. The molecule has 0 aliphatic carbocycles. The number of aliphatic hydroxyl groups is 1. The van der Waals surface area contributed by atoms with E-state index in [9.17, 15) is 9.90 Å². The number of benzene rings is 1. The van der Waals surface area contributed by atoms with Crippen LogP contribution in [-0.4, -0.2) is 60.6 Å². The lowest BCUT2D eigenvalue weighted by atomic mass is 10.1. The monoisotopic (exact) mass is 515 g/mol. The van der Waals surface area contributed by atoms with Crippen molar-refractivity contribution in [1.29, 1.82) is 0 Å². The van der Waals surface area contributed by atoms with Gasteiger partial charge in [-0.2, -0.15) is 4.98 Å². The van der Waals surface area contributed by atoms with Gasteiger partial charge in [-0.1, -0.05) is 12.1 Å². The summed E-state index contributed by atoms with van der Waals surface area (Å²) in [6.45, 7) is 9.46. The number of nitrogens with zero attached hydrogens (tertiary/aromatic N) is 6. The third kappa shape index (κ3) is 5.32. The highest BCUT2D eigenvalue weighted by molar-refractivity contribution is 5.77. The van der Waals surface area contributed by atoms with Crippen molar-refractivity contribution >= 4 is 22.7 Å². The van der Waals surface area contributed by atoms with E-state index in [1.807, 2.05) is 24.3 Å². The summed E-state index contributed by atoms with van der Waals surface area (Å²) in [6.07, 6.45) is 5.42. The van der Waals surface area contributed by atoms with E-state index in [2.05, 4.69) is 38.8 Å². The molecule has 1 saturated heterocycles. The molecule has 1 aliphatic rings. The number of nitrogens with one attached hydrogen (secondary N) is 1. The first-order valence-corrected chi connectivity index (χ1v) is 12.7. The van der Waals surface area contributed by atoms with Crippen molar-refractivity contribution in [2.24, 2.45) is 0 Å². The first kappa shape index (κ1) is 25.6. The largest absolute Gasteiger partial charge is 0.490 e. The summed E-state index contributed by atoms with van der Waals surface area (Å²) in [7, 11) is 2.13. The Hall–Kier alpha value is -4.02. The number of aromatic nitrogens is 5. The van der Waals surface area contributed by atoms with Gasteiger partial charge in [0.15, 0.2) is 11.5 Å². The predicted molar refractivity (Wildman–Crippen MR) is 147 cm³/mol. The zero-order valence-electron chi connectivity index (χ0n) is 22.0. The second-order valence-corrected chi connectivity index (χ2v) is 10.1. The summed E-state index contributed by atoms with van der Waals surface area (Å²) >= 11 is 0. The number of hydrogen-bond donors (Lipinski definition) is 2. The molecule has 38 heavy (non-hydrogen) atoms. The molecular formula is C28H33N7O3. The Balaban J connectivity index is 1.45. The number of likely N-dealkylation sites (tertiary alicyclic amines) is 1. The predicted octanol–water partition coefficient (Wildman–Crippen LogP) is 3.61. The molecule has 0 radical (unpaired) electrons. The van der Waals surface area contributed by atoms with E-state index in [4.69, 9.17) is 4.74 Å². The summed E-state index contributed by atoms with van der Waals surface area (Å²) < 4.78 is 9.28. The Kier molecular flexibility index (Phi) is 7.00. The highest BCUT2D eigenvalue weighted by atomic mass is 16.5. The second kappa shape index (κ2) is 10.4. The lowest BCUT2D eigenvalue weighted by Crippen LogP contribution is -2.35. The van der Waals surface area contributed by atoms with Crippen molar-refractivity contribution in [2.75, 3.05) is 25.5 Å².